The number of likely N-dealkylation sites (tertiary alicyclic amines) is 1. The third-order valence-electron chi connectivity index (χ3n) is 5.27. The van der Waals surface area contributed by atoms with Gasteiger partial charge in [0.15, 0.2) is 5.96 Å². The maximum absolute atomic E-state index is 5.43. The van der Waals surface area contributed by atoms with Crippen LogP contribution in [0.25, 0.3) is 0 Å². The largest absolute Gasteiger partial charge is 0.379 e. The first-order valence-corrected chi connectivity index (χ1v) is 10.1. The van der Waals surface area contributed by atoms with E-state index < -0.39 is 0 Å². The van der Waals surface area contributed by atoms with E-state index in [1.54, 1.807) is 0 Å². The number of aliphatic imine (C=N–C) groups is 1. The number of rotatable bonds is 7. The zero-order chi connectivity index (χ0) is 18.2. The van der Waals surface area contributed by atoms with E-state index in [0.29, 0.717) is 23.9 Å². The van der Waals surface area contributed by atoms with Crippen molar-refractivity contribution >= 4 is 5.96 Å². The molecule has 2 aliphatic rings. The number of nitrogens with one attached hydrogen (secondary N) is 2. The van der Waals surface area contributed by atoms with E-state index in [2.05, 4.69) is 55.1 Å². The molecule has 146 valence electrons. The molecule has 0 radical (unpaired) electrons. The molecule has 0 aromatic rings. The van der Waals surface area contributed by atoms with Crippen molar-refractivity contribution < 1.29 is 4.74 Å². The molecule has 0 aromatic carbocycles. The normalized spacial score (nSPS) is 27.7. The summed E-state index contributed by atoms with van der Waals surface area (Å²) in [5.74, 6) is 2.18. The van der Waals surface area contributed by atoms with Crippen LogP contribution in [-0.2, 0) is 4.74 Å². The Morgan fingerprint density at radius 3 is 2.52 bits per heavy atom. The molecule has 0 saturated carbocycles. The van der Waals surface area contributed by atoms with Crippen molar-refractivity contribution in [2.24, 2.45) is 16.8 Å². The molecule has 0 spiro atoms. The van der Waals surface area contributed by atoms with Crippen molar-refractivity contribution in [1.29, 1.82) is 0 Å². The molecule has 0 aromatic heterocycles. The number of nitrogens with zero attached hydrogens (tertiary/aromatic N) is 3. The standard InChI is InChI=1S/C19H39N5O/c1-6-20-19(22-18-14-24(15(2)3)13-17(18)5)21-11-16(4)12-23-7-9-25-10-8-23/h15-18H,6-14H2,1-5H3,(H2,20,21,22). The Morgan fingerprint density at radius 1 is 1.20 bits per heavy atom. The predicted molar refractivity (Wildman–Crippen MR) is 105 cm³/mol. The summed E-state index contributed by atoms with van der Waals surface area (Å²) in [7, 11) is 0. The Kier molecular flexibility index (Phi) is 8.46. The summed E-state index contributed by atoms with van der Waals surface area (Å²) in [5, 5.41) is 7.09. The van der Waals surface area contributed by atoms with E-state index >= 15 is 0 Å². The van der Waals surface area contributed by atoms with Crippen LogP contribution in [0.15, 0.2) is 4.99 Å². The maximum Gasteiger partial charge on any atom is 0.191 e. The van der Waals surface area contributed by atoms with Gasteiger partial charge in [-0.1, -0.05) is 13.8 Å². The molecule has 3 unspecified atom stereocenters. The number of ether oxygens (including phenoxy) is 1. The van der Waals surface area contributed by atoms with Gasteiger partial charge in [-0.15, -0.1) is 0 Å². The minimum atomic E-state index is 0.481. The second-order valence-electron chi connectivity index (χ2n) is 8.01. The van der Waals surface area contributed by atoms with Crippen LogP contribution in [0.2, 0.25) is 0 Å². The lowest BCUT2D eigenvalue weighted by molar-refractivity contribution is 0.0323. The highest BCUT2D eigenvalue weighted by Gasteiger charge is 2.31. The first kappa shape index (κ1) is 20.5. The summed E-state index contributed by atoms with van der Waals surface area (Å²) in [6, 6.07) is 1.09. The topological polar surface area (TPSA) is 52.1 Å². The summed E-state index contributed by atoms with van der Waals surface area (Å²) in [6.45, 7) is 20.3. The van der Waals surface area contributed by atoms with Gasteiger partial charge in [0.1, 0.15) is 0 Å². The molecule has 3 atom stereocenters. The Morgan fingerprint density at radius 2 is 1.92 bits per heavy atom. The lowest BCUT2D eigenvalue weighted by atomic mass is 10.1. The summed E-state index contributed by atoms with van der Waals surface area (Å²) < 4.78 is 5.43. The summed E-state index contributed by atoms with van der Waals surface area (Å²) in [5.41, 5.74) is 0. The lowest BCUT2D eigenvalue weighted by Gasteiger charge is -2.28. The van der Waals surface area contributed by atoms with Gasteiger partial charge in [0.2, 0.25) is 0 Å². The molecule has 2 N–H and O–H groups in total. The molecule has 25 heavy (non-hydrogen) atoms. The average Bonchev–Trinajstić information content (AvgIpc) is 2.95. The molecule has 6 heteroatoms. The van der Waals surface area contributed by atoms with E-state index in [9.17, 15) is 0 Å². The van der Waals surface area contributed by atoms with Gasteiger partial charge >= 0.3 is 0 Å². The van der Waals surface area contributed by atoms with Crippen LogP contribution < -0.4 is 10.6 Å². The summed E-state index contributed by atoms with van der Waals surface area (Å²) in [4.78, 5) is 9.90. The van der Waals surface area contributed by atoms with Crippen LogP contribution in [0.3, 0.4) is 0 Å². The van der Waals surface area contributed by atoms with Crippen LogP contribution in [0.1, 0.15) is 34.6 Å². The first-order valence-electron chi connectivity index (χ1n) is 10.1. The van der Waals surface area contributed by atoms with E-state index in [0.717, 1.165) is 58.4 Å². The SMILES string of the molecule is CCNC(=NCC(C)CN1CCOCC1)NC1CN(C(C)C)CC1C. The second kappa shape index (κ2) is 10.3. The van der Waals surface area contributed by atoms with Gasteiger partial charge in [0, 0.05) is 57.9 Å². The Balaban J connectivity index is 1.83. The van der Waals surface area contributed by atoms with Crippen molar-refractivity contribution in [3.05, 3.63) is 0 Å². The molecule has 2 aliphatic heterocycles. The van der Waals surface area contributed by atoms with E-state index in [1.807, 2.05) is 0 Å². The molecule has 6 nitrogen and oxygen atoms in total. The highest BCUT2D eigenvalue weighted by Crippen LogP contribution is 2.18. The van der Waals surface area contributed by atoms with Crippen molar-refractivity contribution in [3.63, 3.8) is 0 Å². The van der Waals surface area contributed by atoms with Gasteiger partial charge in [-0.2, -0.15) is 0 Å². The molecular weight excluding hydrogens is 314 g/mol. The Hall–Kier alpha value is -0.850. The van der Waals surface area contributed by atoms with Crippen molar-refractivity contribution in [3.8, 4) is 0 Å². The highest BCUT2D eigenvalue weighted by atomic mass is 16.5. The molecule has 2 fully saturated rings. The first-order chi connectivity index (χ1) is 12.0. The van der Waals surface area contributed by atoms with Crippen LogP contribution in [0.5, 0.6) is 0 Å². The third-order valence-corrected chi connectivity index (χ3v) is 5.27. The maximum atomic E-state index is 5.43. The van der Waals surface area contributed by atoms with E-state index in [1.165, 1.54) is 6.54 Å². The fraction of sp³-hybridized carbons (Fsp3) is 0.947. The molecule has 0 amide bonds. The molecule has 0 bridgehead atoms. The third kappa shape index (κ3) is 6.76. The van der Waals surface area contributed by atoms with Crippen LogP contribution in [0.4, 0.5) is 0 Å². The van der Waals surface area contributed by atoms with Gasteiger partial charge in [-0.25, -0.2) is 0 Å². The van der Waals surface area contributed by atoms with Crippen molar-refractivity contribution in [2.45, 2.75) is 46.7 Å². The smallest absolute Gasteiger partial charge is 0.191 e. The lowest BCUT2D eigenvalue weighted by Crippen LogP contribution is -2.47. The summed E-state index contributed by atoms with van der Waals surface area (Å²) >= 11 is 0. The Labute approximate surface area is 154 Å². The molecular formula is C19H39N5O. The van der Waals surface area contributed by atoms with E-state index in [4.69, 9.17) is 9.73 Å². The van der Waals surface area contributed by atoms with Gasteiger partial charge in [0.25, 0.3) is 0 Å². The zero-order valence-electron chi connectivity index (χ0n) is 16.9. The summed E-state index contributed by atoms with van der Waals surface area (Å²) in [6.07, 6.45) is 0. The van der Waals surface area contributed by atoms with Crippen LogP contribution in [0, 0.1) is 11.8 Å². The molecule has 0 aliphatic carbocycles. The number of hydrogen-bond acceptors (Lipinski definition) is 4. The second-order valence-corrected chi connectivity index (χ2v) is 8.01. The zero-order valence-corrected chi connectivity index (χ0v) is 16.9. The van der Waals surface area contributed by atoms with Crippen molar-refractivity contribution in [1.82, 2.24) is 20.4 Å². The average molecular weight is 354 g/mol. The van der Waals surface area contributed by atoms with Crippen LogP contribution >= 0.6 is 0 Å². The molecule has 2 saturated heterocycles. The van der Waals surface area contributed by atoms with Crippen molar-refractivity contribution in [2.75, 3.05) is 59.0 Å². The highest BCUT2D eigenvalue weighted by molar-refractivity contribution is 5.80. The fourth-order valence-electron chi connectivity index (χ4n) is 3.64. The number of hydrogen-bond donors (Lipinski definition) is 2. The quantitative estimate of drug-likeness (QED) is 0.533. The van der Waals surface area contributed by atoms with Gasteiger partial charge < -0.3 is 15.4 Å². The van der Waals surface area contributed by atoms with Crippen LogP contribution in [-0.4, -0.2) is 86.9 Å². The van der Waals surface area contributed by atoms with Gasteiger partial charge in [0.05, 0.1) is 13.2 Å². The minimum Gasteiger partial charge on any atom is -0.379 e. The number of morpholine rings is 1. The predicted octanol–water partition coefficient (Wildman–Crippen LogP) is 1.24. The Bertz CT molecular complexity index is 409. The monoisotopic (exact) mass is 353 g/mol. The fourth-order valence-corrected chi connectivity index (χ4v) is 3.64. The molecule has 2 heterocycles. The van der Waals surface area contributed by atoms with Gasteiger partial charge in [-0.3, -0.25) is 14.8 Å². The molecule has 2 rings (SSSR count). The van der Waals surface area contributed by atoms with E-state index in [-0.39, 0.29) is 0 Å². The minimum absolute atomic E-state index is 0.481. The van der Waals surface area contributed by atoms with Gasteiger partial charge in [-0.05, 0) is 32.6 Å². The number of guanidine groups is 1.